The quantitative estimate of drug-likeness (QED) is 0.319. The maximum Gasteiger partial charge on any atom is 0.261 e. The molecule has 37 heavy (non-hydrogen) atoms. The minimum atomic E-state index is -0.552. The molecule has 0 saturated heterocycles. The summed E-state index contributed by atoms with van der Waals surface area (Å²) >= 11 is 6.25. The molecule has 0 unspecified atom stereocenters. The fourth-order valence-electron chi connectivity index (χ4n) is 4.54. The first-order valence-electron chi connectivity index (χ1n) is 12.3. The van der Waals surface area contributed by atoms with Crippen molar-refractivity contribution in [3.63, 3.8) is 0 Å². The predicted molar refractivity (Wildman–Crippen MR) is 145 cm³/mol. The summed E-state index contributed by atoms with van der Waals surface area (Å²) < 4.78 is 15.2. The van der Waals surface area contributed by atoms with Crippen LogP contribution in [0, 0.1) is 11.7 Å². The largest absolute Gasteiger partial charge is 0.330 e. The van der Waals surface area contributed by atoms with Crippen LogP contribution < -0.4 is 11.3 Å². The average molecular weight is 521 g/mol. The number of hydrogen-bond acceptors (Lipinski definition) is 4. The second kappa shape index (κ2) is 11.7. The summed E-state index contributed by atoms with van der Waals surface area (Å²) in [6, 6.07) is 19.6. The number of carbonyl (C=O) groups excluding carboxylic acids is 1. The van der Waals surface area contributed by atoms with Gasteiger partial charge in [-0.1, -0.05) is 55.8 Å². The van der Waals surface area contributed by atoms with Crippen LogP contribution in [0.15, 0.2) is 77.6 Å². The summed E-state index contributed by atoms with van der Waals surface area (Å²) in [6.07, 6.45) is 0.554. The number of rotatable bonds is 9. The molecule has 4 aromatic rings. The number of nitrogens with two attached hydrogens (primary N) is 1. The van der Waals surface area contributed by atoms with Gasteiger partial charge in [-0.3, -0.25) is 14.2 Å². The molecule has 0 spiro atoms. The highest BCUT2D eigenvalue weighted by Crippen LogP contribution is 2.30. The highest BCUT2D eigenvalue weighted by atomic mass is 35.5. The fraction of sp³-hybridized carbons (Fsp3) is 0.276. The molecule has 192 valence electrons. The van der Waals surface area contributed by atoms with E-state index in [1.165, 1.54) is 24.3 Å². The molecule has 6 nitrogen and oxygen atoms in total. The van der Waals surface area contributed by atoms with E-state index in [4.69, 9.17) is 22.3 Å². The fourth-order valence-corrected chi connectivity index (χ4v) is 4.71. The Morgan fingerprint density at radius 3 is 2.43 bits per heavy atom. The smallest absolute Gasteiger partial charge is 0.261 e. The monoisotopic (exact) mass is 520 g/mol. The van der Waals surface area contributed by atoms with Gasteiger partial charge >= 0.3 is 0 Å². The number of aromatic nitrogens is 2. The van der Waals surface area contributed by atoms with Gasteiger partial charge in [0.15, 0.2) is 0 Å². The van der Waals surface area contributed by atoms with Crippen LogP contribution in [0.1, 0.15) is 48.1 Å². The highest BCUT2D eigenvalue weighted by molar-refractivity contribution is 6.31. The molecule has 1 heterocycles. The standard InChI is InChI=1S/C29H30ClFN4O2/c1-19(2)26(34(16-6-15-32)28(36)21-9-12-23(31)13-10-21)27-33-25-17-22(30)11-14-24(25)29(37)35(27)18-20-7-4-3-5-8-20/h3-5,7-14,17,19,26H,6,15-16,18,32H2,1-2H3/t26-/m1/s1. The molecule has 3 aromatic carbocycles. The lowest BCUT2D eigenvalue weighted by molar-refractivity contribution is 0.0602. The minimum absolute atomic E-state index is 0.104. The van der Waals surface area contributed by atoms with Gasteiger partial charge in [-0.05, 0) is 66.9 Å². The molecule has 0 aliphatic carbocycles. The van der Waals surface area contributed by atoms with Crippen molar-refractivity contribution >= 4 is 28.4 Å². The third-order valence-electron chi connectivity index (χ3n) is 6.32. The van der Waals surface area contributed by atoms with E-state index in [-0.39, 0.29) is 17.4 Å². The van der Waals surface area contributed by atoms with Crippen LogP contribution >= 0.6 is 11.6 Å². The normalized spacial score (nSPS) is 12.2. The van der Waals surface area contributed by atoms with Crippen LogP contribution in [-0.4, -0.2) is 33.4 Å². The molecule has 1 aromatic heterocycles. The van der Waals surface area contributed by atoms with Crippen LogP contribution in [0.3, 0.4) is 0 Å². The van der Waals surface area contributed by atoms with Gasteiger partial charge in [0.05, 0.1) is 23.5 Å². The molecule has 1 amide bonds. The Morgan fingerprint density at radius 2 is 1.78 bits per heavy atom. The molecule has 0 aliphatic rings. The summed E-state index contributed by atoms with van der Waals surface area (Å²) in [7, 11) is 0. The lowest BCUT2D eigenvalue weighted by Gasteiger charge is -2.35. The lowest BCUT2D eigenvalue weighted by Crippen LogP contribution is -2.42. The molecule has 4 rings (SSSR count). The second-order valence-corrected chi connectivity index (χ2v) is 9.78. The maximum atomic E-state index is 13.8. The summed E-state index contributed by atoms with van der Waals surface area (Å²) in [4.78, 5) is 34.2. The van der Waals surface area contributed by atoms with E-state index >= 15 is 0 Å². The van der Waals surface area contributed by atoms with Crippen LogP contribution in [0.2, 0.25) is 5.02 Å². The molecule has 0 fully saturated rings. The number of fused-ring (bicyclic) bond motifs is 1. The van der Waals surface area contributed by atoms with Gasteiger partial charge in [0.25, 0.3) is 11.5 Å². The summed E-state index contributed by atoms with van der Waals surface area (Å²) in [5.74, 6) is -0.340. The Hall–Kier alpha value is -3.55. The van der Waals surface area contributed by atoms with E-state index in [0.29, 0.717) is 53.4 Å². The number of amides is 1. The van der Waals surface area contributed by atoms with Gasteiger partial charge in [-0.25, -0.2) is 9.37 Å². The van der Waals surface area contributed by atoms with Crippen molar-refractivity contribution in [1.82, 2.24) is 14.5 Å². The van der Waals surface area contributed by atoms with Crippen LogP contribution in [-0.2, 0) is 6.54 Å². The van der Waals surface area contributed by atoms with Crippen molar-refractivity contribution in [3.05, 3.63) is 111 Å². The van der Waals surface area contributed by atoms with Crippen molar-refractivity contribution in [2.45, 2.75) is 32.9 Å². The van der Waals surface area contributed by atoms with Gasteiger partial charge in [0.1, 0.15) is 11.6 Å². The Bertz CT molecular complexity index is 1440. The molecule has 0 aliphatic heterocycles. The van der Waals surface area contributed by atoms with Gasteiger partial charge < -0.3 is 10.6 Å². The van der Waals surface area contributed by atoms with E-state index in [1.807, 2.05) is 44.2 Å². The Balaban J connectivity index is 1.93. The van der Waals surface area contributed by atoms with E-state index in [9.17, 15) is 14.0 Å². The zero-order valence-electron chi connectivity index (χ0n) is 20.9. The van der Waals surface area contributed by atoms with Crippen LogP contribution in [0.25, 0.3) is 10.9 Å². The summed E-state index contributed by atoms with van der Waals surface area (Å²) in [5.41, 5.74) is 7.37. The molecule has 8 heteroatoms. The highest BCUT2D eigenvalue weighted by Gasteiger charge is 2.32. The number of carbonyl (C=O) groups is 1. The van der Waals surface area contributed by atoms with Crippen molar-refractivity contribution in [2.75, 3.05) is 13.1 Å². The number of hydrogen-bond donors (Lipinski definition) is 1. The lowest BCUT2D eigenvalue weighted by atomic mass is 9.98. The zero-order chi connectivity index (χ0) is 26.5. The van der Waals surface area contributed by atoms with Crippen molar-refractivity contribution < 1.29 is 9.18 Å². The molecule has 1 atom stereocenters. The SMILES string of the molecule is CC(C)[C@H](c1nc2cc(Cl)ccc2c(=O)n1Cc1ccccc1)N(CCCN)C(=O)c1ccc(F)cc1. The first-order valence-corrected chi connectivity index (χ1v) is 12.7. The zero-order valence-corrected chi connectivity index (χ0v) is 21.7. The number of halogens is 2. The Labute approximate surface area is 220 Å². The molecular formula is C29H30ClFN4O2. The number of nitrogens with zero attached hydrogens (tertiary/aromatic N) is 3. The van der Waals surface area contributed by atoms with Crippen molar-refractivity contribution in [2.24, 2.45) is 11.7 Å². The van der Waals surface area contributed by atoms with Gasteiger partial charge in [0.2, 0.25) is 0 Å². The first-order chi connectivity index (χ1) is 17.8. The van der Waals surface area contributed by atoms with E-state index in [1.54, 1.807) is 27.7 Å². The van der Waals surface area contributed by atoms with Crippen molar-refractivity contribution in [3.8, 4) is 0 Å². The summed E-state index contributed by atoms with van der Waals surface area (Å²) in [5, 5.41) is 0.916. The van der Waals surface area contributed by atoms with Gasteiger partial charge in [-0.15, -0.1) is 0 Å². The Morgan fingerprint density at radius 1 is 1.08 bits per heavy atom. The van der Waals surface area contributed by atoms with E-state index < -0.39 is 11.9 Å². The second-order valence-electron chi connectivity index (χ2n) is 9.34. The Kier molecular flexibility index (Phi) is 8.36. The third kappa shape index (κ3) is 5.89. The van der Waals surface area contributed by atoms with Crippen LogP contribution in [0.4, 0.5) is 4.39 Å². The van der Waals surface area contributed by atoms with Crippen LogP contribution in [0.5, 0.6) is 0 Å². The third-order valence-corrected chi connectivity index (χ3v) is 6.55. The summed E-state index contributed by atoms with van der Waals surface area (Å²) in [6.45, 7) is 5.00. The maximum absolute atomic E-state index is 13.8. The van der Waals surface area contributed by atoms with E-state index in [0.717, 1.165) is 5.56 Å². The minimum Gasteiger partial charge on any atom is -0.330 e. The van der Waals surface area contributed by atoms with Gasteiger partial charge in [-0.2, -0.15) is 0 Å². The topological polar surface area (TPSA) is 81.2 Å². The average Bonchev–Trinajstić information content (AvgIpc) is 2.88. The molecule has 0 bridgehead atoms. The van der Waals surface area contributed by atoms with E-state index in [2.05, 4.69) is 0 Å². The predicted octanol–water partition coefficient (Wildman–Crippen LogP) is 5.43. The molecule has 0 radical (unpaired) electrons. The molecular weight excluding hydrogens is 491 g/mol. The molecule has 0 saturated carbocycles. The van der Waals surface area contributed by atoms with Crippen molar-refractivity contribution in [1.29, 1.82) is 0 Å². The first kappa shape index (κ1) is 26.5. The molecule has 2 N–H and O–H groups in total. The van der Waals surface area contributed by atoms with Gasteiger partial charge in [0, 0.05) is 17.1 Å². The number of benzene rings is 3.